The van der Waals surface area contributed by atoms with Crippen molar-refractivity contribution in [2.24, 2.45) is 5.73 Å². The Kier molecular flexibility index (Phi) is 4.16. The number of nitrogens with zero attached hydrogens (tertiary/aromatic N) is 2. The van der Waals surface area contributed by atoms with Crippen LogP contribution in [-0.2, 0) is 4.79 Å². The predicted molar refractivity (Wildman–Crippen MR) is 78.5 cm³/mol. The molecule has 0 saturated carbocycles. The fourth-order valence-corrected chi connectivity index (χ4v) is 2.55. The van der Waals surface area contributed by atoms with Gasteiger partial charge < -0.3 is 16.4 Å². The van der Waals surface area contributed by atoms with Gasteiger partial charge in [-0.3, -0.25) is 4.79 Å². The zero-order chi connectivity index (χ0) is 13.8. The summed E-state index contributed by atoms with van der Waals surface area (Å²) in [4.78, 5) is 20.7. The van der Waals surface area contributed by atoms with Crippen LogP contribution in [0.4, 0.5) is 11.8 Å². The highest BCUT2D eigenvalue weighted by Crippen LogP contribution is 2.27. The molecule has 1 atom stereocenters. The number of fused-ring (bicyclic) bond motifs is 1. The normalized spacial score (nSPS) is 12.3. The topological polar surface area (TPSA) is 92.9 Å². The fourth-order valence-electron chi connectivity index (χ4n) is 1.79. The van der Waals surface area contributed by atoms with Gasteiger partial charge in [-0.25, -0.2) is 4.98 Å². The molecule has 0 fully saturated rings. The van der Waals surface area contributed by atoms with E-state index < -0.39 is 0 Å². The second kappa shape index (κ2) is 5.83. The van der Waals surface area contributed by atoms with Crippen LogP contribution < -0.4 is 16.4 Å². The van der Waals surface area contributed by atoms with Crippen LogP contribution in [0.2, 0.25) is 0 Å². The molecule has 19 heavy (non-hydrogen) atoms. The zero-order valence-electron chi connectivity index (χ0n) is 10.9. The number of nitrogens with one attached hydrogen (secondary N) is 2. The number of carbonyl (C=O) groups is 1. The maximum Gasteiger partial charge on any atom is 0.226 e. The van der Waals surface area contributed by atoms with Crippen molar-refractivity contribution in [1.82, 2.24) is 9.97 Å². The molecular weight excluding hydrogens is 262 g/mol. The number of aromatic nitrogens is 2. The molecule has 2 heterocycles. The number of rotatable bonds is 6. The van der Waals surface area contributed by atoms with Crippen molar-refractivity contribution in [3.8, 4) is 0 Å². The van der Waals surface area contributed by atoms with E-state index in [4.69, 9.17) is 5.73 Å². The molecule has 7 heteroatoms. The predicted octanol–water partition coefficient (Wildman–Crippen LogP) is 1.80. The zero-order valence-corrected chi connectivity index (χ0v) is 11.8. The number of primary amides is 1. The summed E-state index contributed by atoms with van der Waals surface area (Å²) >= 11 is 1.56. The first-order valence-electron chi connectivity index (χ1n) is 6.14. The minimum atomic E-state index is -0.331. The van der Waals surface area contributed by atoms with Crippen molar-refractivity contribution < 1.29 is 4.79 Å². The van der Waals surface area contributed by atoms with Gasteiger partial charge in [-0.15, -0.1) is 11.3 Å². The molecule has 0 aliphatic heterocycles. The first-order valence-corrected chi connectivity index (χ1v) is 7.02. The van der Waals surface area contributed by atoms with E-state index in [1.807, 2.05) is 25.3 Å². The van der Waals surface area contributed by atoms with Gasteiger partial charge in [0.05, 0.1) is 5.39 Å². The van der Waals surface area contributed by atoms with Gasteiger partial charge in [-0.1, -0.05) is 0 Å². The Labute approximate surface area is 115 Å². The van der Waals surface area contributed by atoms with Gasteiger partial charge >= 0.3 is 0 Å². The average Bonchev–Trinajstić information content (AvgIpc) is 2.76. The van der Waals surface area contributed by atoms with Crippen LogP contribution in [0, 0.1) is 0 Å². The molecule has 1 unspecified atom stereocenters. The summed E-state index contributed by atoms with van der Waals surface area (Å²) in [6.07, 6.45) is 0.270. The third kappa shape index (κ3) is 3.31. The summed E-state index contributed by atoms with van der Waals surface area (Å²) < 4.78 is 0. The minimum Gasteiger partial charge on any atom is -0.370 e. The van der Waals surface area contributed by atoms with Crippen LogP contribution in [0.5, 0.6) is 0 Å². The molecule has 1 amide bonds. The Morgan fingerprint density at radius 1 is 1.53 bits per heavy atom. The van der Waals surface area contributed by atoms with E-state index in [1.165, 1.54) is 0 Å². The number of amides is 1. The van der Waals surface area contributed by atoms with Crippen LogP contribution >= 0.6 is 11.3 Å². The Bertz CT molecular complexity index is 583. The van der Waals surface area contributed by atoms with E-state index in [9.17, 15) is 4.79 Å². The Morgan fingerprint density at radius 2 is 2.32 bits per heavy atom. The highest BCUT2D eigenvalue weighted by Gasteiger charge is 2.12. The van der Waals surface area contributed by atoms with E-state index in [2.05, 4.69) is 20.6 Å². The van der Waals surface area contributed by atoms with Crippen molar-refractivity contribution >= 4 is 39.2 Å². The molecule has 2 aromatic rings. The van der Waals surface area contributed by atoms with E-state index in [1.54, 1.807) is 11.3 Å². The summed E-state index contributed by atoms with van der Waals surface area (Å²) in [6.45, 7) is 4.65. The number of thiophene rings is 1. The highest BCUT2D eigenvalue weighted by molar-refractivity contribution is 7.16. The molecule has 0 aliphatic carbocycles. The lowest BCUT2D eigenvalue weighted by Gasteiger charge is -2.14. The van der Waals surface area contributed by atoms with Crippen molar-refractivity contribution in [3.63, 3.8) is 0 Å². The molecule has 0 bridgehead atoms. The van der Waals surface area contributed by atoms with Gasteiger partial charge in [0.2, 0.25) is 11.9 Å². The van der Waals surface area contributed by atoms with Gasteiger partial charge in [0, 0.05) is 19.0 Å². The number of carbonyl (C=O) groups excluding carboxylic acids is 1. The van der Waals surface area contributed by atoms with Gasteiger partial charge in [0.25, 0.3) is 0 Å². The summed E-state index contributed by atoms with van der Waals surface area (Å²) in [5.41, 5.74) is 5.20. The molecule has 0 aromatic carbocycles. The molecule has 2 rings (SSSR count). The third-order valence-electron chi connectivity index (χ3n) is 2.55. The molecule has 2 aromatic heterocycles. The second-order valence-electron chi connectivity index (χ2n) is 4.28. The number of hydrogen-bond donors (Lipinski definition) is 3. The first kappa shape index (κ1) is 13.5. The molecule has 0 saturated heterocycles. The Hall–Kier alpha value is -1.89. The first-order chi connectivity index (χ1) is 9.10. The number of hydrogen-bond acceptors (Lipinski definition) is 6. The summed E-state index contributed by atoms with van der Waals surface area (Å²) in [6, 6.07) is 1.90. The maximum atomic E-state index is 10.9. The maximum absolute atomic E-state index is 10.9. The van der Waals surface area contributed by atoms with Gasteiger partial charge in [0.1, 0.15) is 10.6 Å². The molecule has 102 valence electrons. The van der Waals surface area contributed by atoms with Crippen molar-refractivity contribution in [1.29, 1.82) is 0 Å². The Balaban J connectivity index is 2.29. The number of anilines is 2. The SMILES string of the molecule is CCNc1nc(NC(C)CC(N)=O)c2ccsc2n1. The fraction of sp³-hybridized carbons (Fsp3) is 0.417. The lowest BCUT2D eigenvalue weighted by molar-refractivity contribution is -0.118. The van der Waals surface area contributed by atoms with Gasteiger partial charge in [0.15, 0.2) is 0 Å². The average molecular weight is 279 g/mol. The molecule has 0 aliphatic rings. The monoisotopic (exact) mass is 279 g/mol. The van der Waals surface area contributed by atoms with Gasteiger partial charge in [-0.05, 0) is 25.3 Å². The summed E-state index contributed by atoms with van der Waals surface area (Å²) in [5.74, 6) is 0.990. The molecule has 0 radical (unpaired) electrons. The van der Waals surface area contributed by atoms with Crippen LogP contribution in [0.1, 0.15) is 20.3 Å². The largest absolute Gasteiger partial charge is 0.370 e. The summed E-state index contributed by atoms with van der Waals surface area (Å²) in [7, 11) is 0. The van der Waals surface area contributed by atoms with Crippen molar-refractivity contribution in [3.05, 3.63) is 11.4 Å². The number of nitrogens with two attached hydrogens (primary N) is 1. The van der Waals surface area contributed by atoms with Crippen molar-refractivity contribution in [2.75, 3.05) is 17.2 Å². The van der Waals surface area contributed by atoms with E-state index in [0.29, 0.717) is 5.95 Å². The van der Waals surface area contributed by atoms with Crippen LogP contribution in [-0.4, -0.2) is 28.5 Å². The van der Waals surface area contributed by atoms with E-state index in [-0.39, 0.29) is 18.4 Å². The second-order valence-corrected chi connectivity index (χ2v) is 5.18. The smallest absolute Gasteiger partial charge is 0.226 e. The Morgan fingerprint density at radius 3 is 3.00 bits per heavy atom. The lowest BCUT2D eigenvalue weighted by Crippen LogP contribution is -2.24. The molecule has 6 nitrogen and oxygen atoms in total. The third-order valence-corrected chi connectivity index (χ3v) is 3.36. The quantitative estimate of drug-likeness (QED) is 0.749. The molecular formula is C12H17N5OS. The van der Waals surface area contributed by atoms with E-state index >= 15 is 0 Å². The van der Waals surface area contributed by atoms with Crippen LogP contribution in [0.3, 0.4) is 0 Å². The van der Waals surface area contributed by atoms with Crippen LogP contribution in [0.15, 0.2) is 11.4 Å². The minimum absolute atomic E-state index is 0.0648. The summed E-state index contributed by atoms with van der Waals surface area (Å²) in [5, 5.41) is 9.24. The standard InChI is InChI=1S/C12H17N5OS/c1-3-14-12-16-10(15-7(2)6-9(13)18)8-4-5-19-11(8)17-12/h4-5,7H,3,6H2,1-2H3,(H2,13,18)(H2,14,15,16,17). The molecule has 4 N–H and O–H groups in total. The highest BCUT2D eigenvalue weighted by atomic mass is 32.1. The lowest BCUT2D eigenvalue weighted by atomic mass is 10.2. The van der Waals surface area contributed by atoms with Crippen LogP contribution in [0.25, 0.3) is 10.2 Å². The van der Waals surface area contributed by atoms with Crippen molar-refractivity contribution in [2.45, 2.75) is 26.3 Å². The van der Waals surface area contributed by atoms with E-state index in [0.717, 1.165) is 22.6 Å². The van der Waals surface area contributed by atoms with Gasteiger partial charge in [-0.2, -0.15) is 4.98 Å². The molecule has 0 spiro atoms.